The monoisotopic (exact) mass is 461 g/mol. The van der Waals surface area contributed by atoms with E-state index in [1.54, 1.807) is 36.4 Å². The van der Waals surface area contributed by atoms with Gasteiger partial charge in [-0.2, -0.15) is 9.37 Å². The molecule has 0 radical (unpaired) electrons. The normalized spacial score (nSPS) is 15.2. The fourth-order valence-corrected chi connectivity index (χ4v) is 4.06. The van der Waals surface area contributed by atoms with Gasteiger partial charge in [0.05, 0.1) is 16.8 Å². The number of hydrogen-bond donors (Lipinski definition) is 0. The lowest BCUT2D eigenvalue weighted by Gasteiger charge is -2.14. The van der Waals surface area contributed by atoms with E-state index in [2.05, 4.69) is 9.97 Å². The number of ether oxygens (including phenoxy) is 1. The third-order valence-electron chi connectivity index (χ3n) is 3.91. The third kappa shape index (κ3) is 4.33. The molecule has 5 nitrogen and oxygen atoms in total. The highest BCUT2D eigenvalue weighted by molar-refractivity contribution is 8.27. The highest BCUT2D eigenvalue weighted by atomic mass is 35.5. The zero-order valence-corrected chi connectivity index (χ0v) is 17.3. The van der Waals surface area contributed by atoms with Gasteiger partial charge in [0.25, 0.3) is 11.8 Å². The standard InChI is InChI=1S/C20H10ClF2N3O2S2/c21-19-24-10-15(23)17(25-19)28-14-6-1-3-11(7-14)8-16-18(27)26(20(29)30-16)13-5-2-4-12(22)9-13/h1-10H/b16-8-. The first kappa shape index (κ1) is 20.4. The van der Waals surface area contributed by atoms with E-state index in [4.69, 9.17) is 28.6 Å². The Bertz CT molecular complexity index is 1210. The number of aromatic nitrogens is 2. The van der Waals surface area contributed by atoms with Crippen LogP contribution in [-0.2, 0) is 4.79 Å². The van der Waals surface area contributed by atoms with Gasteiger partial charge in [-0.05, 0) is 53.6 Å². The molecule has 1 amide bonds. The summed E-state index contributed by atoms with van der Waals surface area (Å²) in [6.07, 6.45) is 2.53. The number of benzene rings is 2. The molecule has 1 aromatic heterocycles. The van der Waals surface area contributed by atoms with E-state index in [-0.39, 0.29) is 22.8 Å². The summed E-state index contributed by atoms with van der Waals surface area (Å²) in [5, 5.41) is -0.149. The Morgan fingerprint density at radius 1 is 1.17 bits per heavy atom. The van der Waals surface area contributed by atoms with Crippen molar-refractivity contribution in [2.75, 3.05) is 4.90 Å². The number of anilines is 1. The Kier molecular flexibility index (Phi) is 5.76. The quantitative estimate of drug-likeness (QED) is 0.286. The highest BCUT2D eigenvalue weighted by Crippen LogP contribution is 2.36. The molecule has 0 N–H and O–H groups in total. The lowest BCUT2D eigenvalue weighted by molar-refractivity contribution is -0.113. The topological polar surface area (TPSA) is 55.3 Å². The van der Waals surface area contributed by atoms with E-state index >= 15 is 0 Å². The summed E-state index contributed by atoms with van der Waals surface area (Å²) < 4.78 is 33.1. The molecule has 0 saturated carbocycles. The van der Waals surface area contributed by atoms with E-state index in [0.717, 1.165) is 18.0 Å². The van der Waals surface area contributed by atoms with Crippen LogP contribution in [0.3, 0.4) is 0 Å². The van der Waals surface area contributed by atoms with Crippen molar-refractivity contribution in [3.05, 3.63) is 82.1 Å². The van der Waals surface area contributed by atoms with Crippen LogP contribution < -0.4 is 9.64 Å². The minimum absolute atomic E-state index is 0.149. The van der Waals surface area contributed by atoms with E-state index in [1.807, 2.05) is 0 Å². The summed E-state index contributed by atoms with van der Waals surface area (Å²) in [4.78, 5) is 21.7. The van der Waals surface area contributed by atoms with Gasteiger partial charge in [-0.25, -0.2) is 9.37 Å². The SMILES string of the molecule is O=C1/C(=C/c2cccc(Oc3nc(Cl)ncc3F)c2)SC(=S)N1c1cccc(F)c1. The number of carbonyl (C=O) groups excluding carboxylic acids is 1. The predicted octanol–water partition coefficient (Wildman–Crippen LogP) is 5.61. The van der Waals surface area contributed by atoms with E-state index < -0.39 is 11.6 Å². The average Bonchev–Trinajstić information content (AvgIpc) is 2.98. The number of amides is 1. The van der Waals surface area contributed by atoms with E-state index in [0.29, 0.717) is 20.5 Å². The molecule has 0 unspecified atom stereocenters. The fraction of sp³-hybridized carbons (Fsp3) is 0. The van der Waals surface area contributed by atoms with E-state index in [1.165, 1.54) is 23.1 Å². The van der Waals surface area contributed by atoms with Crippen LogP contribution in [0.4, 0.5) is 14.5 Å². The van der Waals surface area contributed by atoms with Crippen LogP contribution >= 0.6 is 35.6 Å². The van der Waals surface area contributed by atoms with Crippen molar-refractivity contribution < 1.29 is 18.3 Å². The van der Waals surface area contributed by atoms with Crippen LogP contribution in [0.1, 0.15) is 5.56 Å². The molecule has 0 aliphatic carbocycles. The summed E-state index contributed by atoms with van der Waals surface area (Å²) in [5.74, 6) is -1.62. The molecule has 150 valence electrons. The van der Waals surface area contributed by atoms with Gasteiger partial charge in [-0.3, -0.25) is 9.69 Å². The van der Waals surface area contributed by atoms with Gasteiger partial charge in [-0.15, -0.1) is 0 Å². The maximum Gasteiger partial charge on any atom is 0.270 e. The van der Waals surface area contributed by atoms with Crippen LogP contribution in [0, 0.1) is 11.6 Å². The van der Waals surface area contributed by atoms with Gasteiger partial charge >= 0.3 is 0 Å². The Labute approximate surface area is 184 Å². The molecule has 3 aromatic rings. The molecule has 1 saturated heterocycles. The first-order valence-corrected chi connectivity index (χ1v) is 10.0. The van der Waals surface area contributed by atoms with Gasteiger partial charge in [0, 0.05) is 0 Å². The number of thiocarbonyl (C=S) groups is 1. The average molecular weight is 462 g/mol. The Hall–Kier alpha value is -2.88. The molecule has 10 heteroatoms. The highest BCUT2D eigenvalue weighted by Gasteiger charge is 2.33. The molecule has 2 heterocycles. The van der Waals surface area contributed by atoms with Crippen LogP contribution in [-0.4, -0.2) is 20.2 Å². The second-order valence-electron chi connectivity index (χ2n) is 5.96. The Morgan fingerprint density at radius 3 is 2.77 bits per heavy atom. The zero-order valence-electron chi connectivity index (χ0n) is 14.9. The second-order valence-corrected chi connectivity index (χ2v) is 7.98. The van der Waals surface area contributed by atoms with Crippen molar-refractivity contribution in [3.63, 3.8) is 0 Å². The molecular weight excluding hydrogens is 452 g/mol. The molecule has 0 spiro atoms. The van der Waals surface area contributed by atoms with Crippen molar-refractivity contribution in [2.24, 2.45) is 0 Å². The smallest absolute Gasteiger partial charge is 0.270 e. The summed E-state index contributed by atoms with van der Waals surface area (Å²) in [7, 11) is 0. The lowest BCUT2D eigenvalue weighted by Crippen LogP contribution is -2.27. The molecule has 0 atom stereocenters. The fourth-order valence-electron chi connectivity index (χ4n) is 2.64. The van der Waals surface area contributed by atoms with Crippen molar-refractivity contribution in [1.82, 2.24) is 9.97 Å². The van der Waals surface area contributed by atoms with Crippen molar-refractivity contribution >= 4 is 57.6 Å². The molecular formula is C20H10ClF2N3O2S2. The van der Waals surface area contributed by atoms with E-state index in [9.17, 15) is 13.6 Å². The first-order valence-electron chi connectivity index (χ1n) is 8.40. The summed E-state index contributed by atoms with van der Waals surface area (Å²) in [5.41, 5.74) is 0.974. The van der Waals surface area contributed by atoms with Crippen LogP contribution in [0.15, 0.2) is 59.6 Å². The number of halogens is 3. The van der Waals surface area contributed by atoms with Crippen molar-refractivity contribution in [3.8, 4) is 11.6 Å². The minimum atomic E-state index is -0.763. The van der Waals surface area contributed by atoms with Crippen LogP contribution in [0.5, 0.6) is 11.6 Å². The number of hydrogen-bond acceptors (Lipinski definition) is 6. The van der Waals surface area contributed by atoms with Crippen molar-refractivity contribution in [2.45, 2.75) is 0 Å². The molecule has 30 heavy (non-hydrogen) atoms. The summed E-state index contributed by atoms with van der Waals surface area (Å²) in [6, 6.07) is 12.3. The molecule has 1 fully saturated rings. The van der Waals surface area contributed by atoms with Gasteiger partial charge in [0.1, 0.15) is 11.6 Å². The maximum absolute atomic E-state index is 13.8. The molecule has 1 aliphatic heterocycles. The zero-order chi connectivity index (χ0) is 21.3. The number of thioether (sulfide) groups is 1. The van der Waals surface area contributed by atoms with Gasteiger partial charge in [0.2, 0.25) is 11.1 Å². The number of rotatable bonds is 4. The Morgan fingerprint density at radius 2 is 1.97 bits per heavy atom. The molecule has 4 rings (SSSR count). The second kappa shape index (κ2) is 8.47. The first-order chi connectivity index (χ1) is 14.4. The summed E-state index contributed by atoms with van der Waals surface area (Å²) in [6.45, 7) is 0. The number of carbonyl (C=O) groups is 1. The Balaban J connectivity index is 1.59. The van der Waals surface area contributed by atoms with Gasteiger partial charge in [-0.1, -0.05) is 42.2 Å². The summed E-state index contributed by atoms with van der Waals surface area (Å²) >= 11 is 12.1. The maximum atomic E-state index is 13.8. The predicted molar refractivity (Wildman–Crippen MR) is 116 cm³/mol. The van der Waals surface area contributed by atoms with Crippen LogP contribution in [0.2, 0.25) is 5.28 Å². The third-order valence-corrected chi connectivity index (χ3v) is 5.40. The van der Waals surface area contributed by atoms with Gasteiger partial charge in [0.15, 0.2) is 4.32 Å². The largest absolute Gasteiger partial charge is 0.436 e. The molecule has 0 bridgehead atoms. The van der Waals surface area contributed by atoms with Crippen LogP contribution in [0.25, 0.3) is 6.08 Å². The molecule has 2 aromatic carbocycles. The van der Waals surface area contributed by atoms with Crippen molar-refractivity contribution in [1.29, 1.82) is 0 Å². The minimum Gasteiger partial charge on any atom is -0.436 e. The number of nitrogens with zero attached hydrogens (tertiary/aromatic N) is 3. The lowest BCUT2D eigenvalue weighted by atomic mass is 10.2. The molecule has 1 aliphatic rings. The van der Waals surface area contributed by atoms with Gasteiger partial charge < -0.3 is 4.74 Å².